The van der Waals surface area contributed by atoms with Gasteiger partial charge < -0.3 is 9.30 Å². The largest absolute Gasteiger partial charge is 0.407 e. The summed E-state index contributed by atoms with van der Waals surface area (Å²) in [6.45, 7) is 12.5. The number of hydrogen-bond acceptors (Lipinski definition) is 2. The molecule has 4 nitrogen and oxygen atoms in total. The van der Waals surface area contributed by atoms with Gasteiger partial charge in [-0.3, -0.25) is 4.79 Å². The predicted molar refractivity (Wildman–Crippen MR) is 141 cm³/mol. The van der Waals surface area contributed by atoms with E-state index in [1.807, 2.05) is 37.3 Å². The van der Waals surface area contributed by atoms with E-state index in [0.717, 1.165) is 35.6 Å². The number of rotatable bonds is 12. The lowest BCUT2D eigenvalue weighted by molar-refractivity contribution is -0.136. The SMILES string of the molecule is [C-]#[N+]c1c(C(F)(F)F)cc(-c2cccc(C)c2)n(Cc2ccc(COCCCCCCCC)cc2)c1=O. The highest BCUT2D eigenvalue weighted by molar-refractivity contribution is 5.66. The topological polar surface area (TPSA) is 35.6 Å². The summed E-state index contributed by atoms with van der Waals surface area (Å²) in [7, 11) is 0. The molecule has 3 aromatic rings. The number of halogens is 3. The lowest BCUT2D eigenvalue weighted by atomic mass is 10.0. The van der Waals surface area contributed by atoms with Crippen molar-refractivity contribution in [3.63, 3.8) is 0 Å². The summed E-state index contributed by atoms with van der Waals surface area (Å²) in [5.74, 6) is 0. The van der Waals surface area contributed by atoms with E-state index in [4.69, 9.17) is 11.3 Å². The van der Waals surface area contributed by atoms with E-state index in [0.29, 0.717) is 18.8 Å². The minimum Gasteiger partial charge on any atom is -0.377 e. The summed E-state index contributed by atoms with van der Waals surface area (Å²) in [4.78, 5) is 16.1. The minimum absolute atomic E-state index is 0.0433. The average molecular weight is 511 g/mol. The van der Waals surface area contributed by atoms with Crippen molar-refractivity contribution in [3.05, 3.63) is 98.6 Å². The van der Waals surface area contributed by atoms with Gasteiger partial charge in [0.2, 0.25) is 0 Å². The molecule has 37 heavy (non-hydrogen) atoms. The Balaban J connectivity index is 1.80. The van der Waals surface area contributed by atoms with E-state index >= 15 is 0 Å². The van der Waals surface area contributed by atoms with Crippen LogP contribution in [0, 0.1) is 13.5 Å². The lowest BCUT2D eigenvalue weighted by Gasteiger charge is -2.18. The molecule has 3 rings (SSSR count). The highest BCUT2D eigenvalue weighted by Crippen LogP contribution is 2.37. The van der Waals surface area contributed by atoms with Crippen LogP contribution in [0.3, 0.4) is 0 Å². The summed E-state index contributed by atoms with van der Waals surface area (Å²) in [5, 5.41) is 0. The number of aromatic nitrogens is 1. The fourth-order valence-corrected chi connectivity index (χ4v) is 4.26. The molecule has 1 heterocycles. The van der Waals surface area contributed by atoms with E-state index in [1.54, 1.807) is 18.2 Å². The fraction of sp³-hybridized carbons (Fsp3) is 0.400. The highest BCUT2D eigenvalue weighted by Gasteiger charge is 2.36. The van der Waals surface area contributed by atoms with Gasteiger partial charge in [0.25, 0.3) is 11.2 Å². The van der Waals surface area contributed by atoms with Gasteiger partial charge in [-0.15, -0.1) is 0 Å². The predicted octanol–water partition coefficient (Wildman–Crippen LogP) is 8.32. The van der Waals surface area contributed by atoms with Gasteiger partial charge in [-0.2, -0.15) is 13.2 Å². The Kier molecular flexibility index (Phi) is 10.1. The van der Waals surface area contributed by atoms with Gasteiger partial charge >= 0.3 is 6.18 Å². The molecular formula is C30H33F3N2O2. The smallest absolute Gasteiger partial charge is 0.377 e. The molecule has 0 saturated heterocycles. The molecule has 2 aromatic carbocycles. The van der Waals surface area contributed by atoms with Crippen LogP contribution < -0.4 is 5.56 Å². The van der Waals surface area contributed by atoms with Gasteiger partial charge in [-0.05, 0) is 42.2 Å². The molecule has 0 atom stereocenters. The van der Waals surface area contributed by atoms with E-state index < -0.39 is 23.0 Å². The van der Waals surface area contributed by atoms with Gasteiger partial charge in [0.05, 0.1) is 18.7 Å². The summed E-state index contributed by atoms with van der Waals surface area (Å²) < 4.78 is 48.2. The Morgan fingerprint density at radius 2 is 1.62 bits per heavy atom. The molecule has 0 amide bonds. The summed E-state index contributed by atoms with van der Waals surface area (Å²) in [6.07, 6.45) is 2.39. The van der Waals surface area contributed by atoms with Crippen LogP contribution in [0.5, 0.6) is 0 Å². The second kappa shape index (κ2) is 13.3. The Labute approximate surface area is 216 Å². The molecule has 0 saturated carbocycles. The van der Waals surface area contributed by atoms with Gasteiger partial charge in [0.15, 0.2) is 0 Å². The molecular weight excluding hydrogens is 477 g/mol. The third-order valence-corrected chi connectivity index (χ3v) is 6.28. The van der Waals surface area contributed by atoms with Crippen LogP contribution in [-0.2, 0) is 24.1 Å². The van der Waals surface area contributed by atoms with Crippen molar-refractivity contribution in [2.24, 2.45) is 0 Å². The molecule has 0 aliphatic heterocycles. The number of alkyl halides is 3. The maximum absolute atomic E-state index is 13.7. The molecule has 0 aliphatic carbocycles. The first-order valence-corrected chi connectivity index (χ1v) is 12.7. The molecule has 0 spiro atoms. The monoisotopic (exact) mass is 510 g/mol. The van der Waals surface area contributed by atoms with Crippen molar-refractivity contribution < 1.29 is 17.9 Å². The second-order valence-electron chi connectivity index (χ2n) is 9.30. The first-order valence-electron chi connectivity index (χ1n) is 12.7. The van der Waals surface area contributed by atoms with Crippen LogP contribution in [0.25, 0.3) is 16.1 Å². The molecule has 7 heteroatoms. The minimum atomic E-state index is -4.81. The maximum Gasteiger partial charge on any atom is 0.407 e. The lowest BCUT2D eigenvalue weighted by Crippen LogP contribution is -2.25. The van der Waals surface area contributed by atoms with Crippen molar-refractivity contribution in [2.45, 2.75) is 71.7 Å². The summed E-state index contributed by atoms with van der Waals surface area (Å²) in [5.41, 5.74) is 0.110. The van der Waals surface area contributed by atoms with Crippen LogP contribution in [0.1, 0.15) is 67.7 Å². The Morgan fingerprint density at radius 1 is 0.946 bits per heavy atom. The molecule has 0 aliphatic rings. The third kappa shape index (κ3) is 7.80. The zero-order valence-corrected chi connectivity index (χ0v) is 21.4. The standard InChI is InChI=1S/C30H33F3N2O2/c1-4-5-6-7-8-9-17-37-21-24-15-13-23(14-16-24)20-35-27(25-12-10-11-22(2)18-25)19-26(30(31,32)33)28(34-3)29(35)36/h10-16,18-19H,4-9,17,20-21H2,1-2H3. The first-order chi connectivity index (χ1) is 17.7. The first kappa shape index (κ1) is 28.2. The Morgan fingerprint density at radius 3 is 2.27 bits per heavy atom. The van der Waals surface area contributed by atoms with Gasteiger partial charge in [0.1, 0.15) is 0 Å². The fourth-order valence-electron chi connectivity index (χ4n) is 4.26. The number of hydrogen-bond donors (Lipinski definition) is 0. The van der Waals surface area contributed by atoms with Crippen molar-refractivity contribution in [2.75, 3.05) is 6.61 Å². The molecule has 1 aromatic heterocycles. The number of pyridine rings is 1. The molecule has 0 fully saturated rings. The molecule has 0 bridgehead atoms. The molecule has 0 unspecified atom stereocenters. The number of benzene rings is 2. The number of unbranched alkanes of at least 4 members (excludes halogenated alkanes) is 5. The van der Waals surface area contributed by atoms with E-state index in [-0.39, 0.29) is 12.2 Å². The highest BCUT2D eigenvalue weighted by atomic mass is 19.4. The van der Waals surface area contributed by atoms with Crippen LogP contribution in [0.15, 0.2) is 59.4 Å². The number of aryl methyl sites for hydroxylation is 1. The zero-order valence-electron chi connectivity index (χ0n) is 21.4. The molecule has 0 N–H and O–H groups in total. The van der Waals surface area contributed by atoms with Gasteiger partial charge in [-0.1, -0.05) is 87.1 Å². The van der Waals surface area contributed by atoms with Gasteiger partial charge in [-0.25, -0.2) is 4.85 Å². The van der Waals surface area contributed by atoms with E-state index in [9.17, 15) is 18.0 Å². The Bertz CT molecular complexity index is 1270. The molecule has 0 radical (unpaired) electrons. The van der Waals surface area contributed by atoms with Crippen LogP contribution in [0.2, 0.25) is 0 Å². The maximum atomic E-state index is 13.7. The van der Waals surface area contributed by atoms with Crippen molar-refractivity contribution in [1.29, 1.82) is 0 Å². The van der Waals surface area contributed by atoms with Crippen molar-refractivity contribution >= 4 is 5.69 Å². The number of nitrogens with zero attached hydrogens (tertiary/aromatic N) is 2. The van der Waals surface area contributed by atoms with Crippen LogP contribution >= 0.6 is 0 Å². The average Bonchev–Trinajstić information content (AvgIpc) is 2.87. The zero-order chi connectivity index (χ0) is 26.8. The summed E-state index contributed by atoms with van der Waals surface area (Å²) in [6, 6.07) is 15.3. The Hall–Kier alpha value is -3.37. The molecule has 196 valence electrons. The number of ether oxygens (including phenoxy) is 1. The second-order valence-corrected chi connectivity index (χ2v) is 9.30. The third-order valence-electron chi connectivity index (χ3n) is 6.28. The quantitative estimate of drug-likeness (QED) is 0.181. The van der Waals surface area contributed by atoms with E-state index in [2.05, 4.69) is 11.8 Å². The van der Waals surface area contributed by atoms with Gasteiger partial charge in [0, 0.05) is 18.8 Å². The van der Waals surface area contributed by atoms with Crippen molar-refractivity contribution in [3.8, 4) is 11.3 Å². The summed E-state index contributed by atoms with van der Waals surface area (Å²) >= 11 is 0. The van der Waals surface area contributed by atoms with Crippen LogP contribution in [-0.4, -0.2) is 11.2 Å². The van der Waals surface area contributed by atoms with Crippen LogP contribution in [0.4, 0.5) is 18.9 Å². The van der Waals surface area contributed by atoms with E-state index in [1.165, 1.54) is 30.3 Å². The normalized spacial score (nSPS) is 11.5. The van der Waals surface area contributed by atoms with Crippen molar-refractivity contribution in [1.82, 2.24) is 4.57 Å².